The Morgan fingerprint density at radius 2 is 1.79 bits per heavy atom. The second-order valence-corrected chi connectivity index (χ2v) is 6.26. The molecule has 0 bridgehead atoms. The molecule has 128 valence electrons. The van der Waals surface area contributed by atoms with E-state index in [0.29, 0.717) is 6.54 Å². The van der Waals surface area contributed by atoms with Crippen LogP contribution in [0.2, 0.25) is 0 Å². The van der Waals surface area contributed by atoms with Gasteiger partial charge in [-0.25, -0.2) is 0 Å². The average molecular weight is 327 g/mol. The van der Waals surface area contributed by atoms with E-state index in [9.17, 15) is 9.90 Å². The van der Waals surface area contributed by atoms with Crippen LogP contribution in [0.15, 0.2) is 54.6 Å². The summed E-state index contributed by atoms with van der Waals surface area (Å²) in [4.78, 5) is 12.2. The van der Waals surface area contributed by atoms with Crippen molar-refractivity contribution in [3.63, 3.8) is 0 Å². The monoisotopic (exact) mass is 327 g/mol. The van der Waals surface area contributed by atoms with Gasteiger partial charge in [-0.15, -0.1) is 0 Å². The molecule has 0 saturated heterocycles. The fourth-order valence-electron chi connectivity index (χ4n) is 2.72. The van der Waals surface area contributed by atoms with Crippen molar-refractivity contribution in [2.45, 2.75) is 31.8 Å². The van der Waals surface area contributed by atoms with Gasteiger partial charge in [-0.1, -0.05) is 55.5 Å². The first-order valence-corrected chi connectivity index (χ1v) is 8.11. The van der Waals surface area contributed by atoms with Gasteiger partial charge in [0.15, 0.2) is 0 Å². The van der Waals surface area contributed by atoms with E-state index in [4.69, 9.17) is 4.74 Å². The molecular weight excluding hydrogens is 302 g/mol. The standard InChI is InChI=1S/C20H25NO3/c1-15(17-11-7-8-12-18(17)24-3)14-21-19(22)13-20(2,23)16-9-5-4-6-10-16/h4-12,15,23H,13-14H2,1-3H3,(H,21,22). The summed E-state index contributed by atoms with van der Waals surface area (Å²) >= 11 is 0. The molecule has 2 rings (SSSR count). The van der Waals surface area contributed by atoms with E-state index in [1.54, 1.807) is 14.0 Å². The van der Waals surface area contributed by atoms with Gasteiger partial charge in [0.25, 0.3) is 0 Å². The third-order valence-corrected chi connectivity index (χ3v) is 4.18. The lowest BCUT2D eigenvalue weighted by Crippen LogP contribution is -2.34. The largest absolute Gasteiger partial charge is 0.496 e. The van der Waals surface area contributed by atoms with E-state index < -0.39 is 5.60 Å². The van der Waals surface area contributed by atoms with E-state index in [1.807, 2.05) is 61.5 Å². The first-order valence-electron chi connectivity index (χ1n) is 8.11. The summed E-state index contributed by atoms with van der Waals surface area (Å²) in [5, 5.41) is 13.4. The molecule has 0 fully saturated rings. The van der Waals surface area contributed by atoms with Gasteiger partial charge in [0.1, 0.15) is 5.75 Å². The number of ether oxygens (including phenoxy) is 1. The van der Waals surface area contributed by atoms with Crippen molar-refractivity contribution in [2.24, 2.45) is 0 Å². The van der Waals surface area contributed by atoms with Crippen molar-refractivity contribution in [1.29, 1.82) is 0 Å². The Morgan fingerprint density at radius 1 is 1.17 bits per heavy atom. The summed E-state index contributed by atoms with van der Waals surface area (Å²) in [5.74, 6) is 0.757. The van der Waals surface area contributed by atoms with Crippen molar-refractivity contribution in [1.82, 2.24) is 5.32 Å². The van der Waals surface area contributed by atoms with E-state index in [0.717, 1.165) is 16.9 Å². The predicted molar refractivity (Wildman–Crippen MR) is 95.0 cm³/mol. The van der Waals surface area contributed by atoms with Crippen LogP contribution in [-0.4, -0.2) is 24.7 Å². The zero-order valence-electron chi connectivity index (χ0n) is 14.5. The minimum absolute atomic E-state index is 0.0235. The van der Waals surface area contributed by atoms with Gasteiger partial charge in [-0.2, -0.15) is 0 Å². The predicted octanol–water partition coefficient (Wildman–Crippen LogP) is 3.21. The molecule has 2 N–H and O–H groups in total. The normalized spacial score (nSPS) is 14.5. The van der Waals surface area contributed by atoms with Gasteiger partial charge >= 0.3 is 0 Å². The van der Waals surface area contributed by atoms with Crippen LogP contribution in [0, 0.1) is 0 Å². The Morgan fingerprint density at radius 3 is 2.46 bits per heavy atom. The lowest BCUT2D eigenvalue weighted by atomic mass is 9.92. The molecule has 0 aromatic heterocycles. The zero-order valence-corrected chi connectivity index (χ0v) is 14.5. The van der Waals surface area contributed by atoms with Crippen molar-refractivity contribution in [3.8, 4) is 5.75 Å². The van der Waals surface area contributed by atoms with Crippen LogP contribution in [0.1, 0.15) is 37.3 Å². The Balaban J connectivity index is 1.93. The summed E-state index contributed by atoms with van der Waals surface area (Å²) in [7, 11) is 1.64. The molecule has 24 heavy (non-hydrogen) atoms. The smallest absolute Gasteiger partial charge is 0.223 e. The summed E-state index contributed by atoms with van der Waals surface area (Å²) in [6.45, 7) is 4.18. The molecular formula is C20H25NO3. The highest BCUT2D eigenvalue weighted by atomic mass is 16.5. The van der Waals surface area contributed by atoms with Crippen molar-refractivity contribution < 1.29 is 14.6 Å². The number of rotatable bonds is 7. The molecule has 4 nitrogen and oxygen atoms in total. The molecule has 0 spiro atoms. The Kier molecular flexibility index (Phi) is 5.99. The number of hydrogen-bond donors (Lipinski definition) is 2. The van der Waals surface area contributed by atoms with E-state index in [-0.39, 0.29) is 18.2 Å². The van der Waals surface area contributed by atoms with Gasteiger partial charge in [-0.3, -0.25) is 4.79 Å². The maximum Gasteiger partial charge on any atom is 0.223 e. The summed E-state index contributed by atoms with van der Waals surface area (Å²) in [5.41, 5.74) is 0.604. The number of para-hydroxylation sites is 1. The fraction of sp³-hybridized carbons (Fsp3) is 0.350. The molecule has 2 unspecified atom stereocenters. The number of hydrogen-bond acceptors (Lipinski definition) is 3. The first kappa shape index (κ1) is 18.0. The summed E-state index contributed by atoms with van der Waals surface area (Å²) in [6, 6.07) is 17.0. The molecule has 2 aromatic rings. The van der Waals surface area contributed by atoms with Gasteiger partial charge in [0, 0.05) is 12.5 Å². The highest BCUT2D eigenvalue weighted by molar-refractivity contribution is 5.77. The van der Waals surface area contributed by atoms with Crippen molar-refractivity contribution in [3.05, 3.63) is 65.7 Å². The third kappa shape index (κ3) is 4.59. The molecule has 0 aliphatic rings. The SMILES string of the molecule is COc1ccccc1C(C)CNC(=O)CC(C)(O)c1ccccc1. The lowest BCUT2D eigenvalue weighted by Gasteiger charge is -2.24. The fourth-order valence-corrected chi connectivity index (χ4v) is 2.72. The van der Waals surface area contributed by atoms with Crippen LogP contribution in [0.4, 0.5) is 0 Å². The Bertz CT molecular complexity index is 668. The molecule has 2 aromatic carbocycles. The molecule has 4 heteroatoms. The Labute approximate surface area is 143 Å². The number of aliphatic hydroxyl groups is 1. The zero-order chi connectivity index (χ0) is 17.6. The van der Waals surface area contributed by atoms with Gasteiger partial charge in [-0.05, 0) is 24.1 Å². The second-order valence-electron chi connectivity index (χ2n) is 6.26. The van der Waals surface area contributed by atoms with Gasteiger partial charge in [0.2, 0.25) is 5.91 Å². The van der Waals surface area contributed by atoms with E-state index >= 15 is 0 Å². The van der Waals surface area contributed by atoms with Crippen LogP contribution < -0.4 is 10.1 Å². The molecule has 0 heterocycles. The lowest BCUT2D eigenvalue weighted by molar-refractivity contribution is -0.125. The van der Waals surface area contributed by atoms with Gasteiger partial charge < -0.3 is 15.2 Å². The summed E-state index contributed by atoms with van der Waals surface area (Å²) in [6.07, 6.45) is 0.0235. The number of carbonyl (C=O) groups excluding carboxylic acids is 1. The minimum atomic E-state index is -1.18. The first-order chi connectivity index (χ1) is 11.4. The van der Waals surface area contributed by atoms with Crippen molar-refractivity contribution in [2.75, 3.05) is 13.7 Å². The van der Waals surface area contributed by atoms with Crippen LogP contribution in [-0.2, 0) is 10.4 Å². The van der Waals surface area contributed by atoms with Crippen LogP contribution >= 0.6 is 0 Å². The summed E-state index contributed by atoms with van der Waals surface area (Å²) < 4.78 is 5.36. The maximum absolute atomic E-state index is 12.2. The van der Waals surface area contributed by atoms with E-state index in [2.05, 4.69) is 5.32 Å². The molecule has 1 amide bonds. The van der Waals surface area contributed by atoms with Crippen molar-refractivity contribution >= 4 is 5.91 Å². The minimum Gasteiger partial charge on any atom is -0.496 e. The van der Waals surface area contributed by atoms with Crippen LogP contribution in [0.3, 0.4) is 0 Å². The average Bonchev–Trinajstić information content (AvgIpc) is 2.60. The molecule has 0 aliphatic carbocycles. The molecule has 0 aliphatic heterocycles. The molecule has 2 atom stereocenters. The number of nitrogens with one attached hydrogen (secondary N) is 1. The number of methoxy groups -OCH3 is 1. The topological polar surface area (TPSA) is 58.6 Å². The Hall–Kier alpha value is -2.33. The highest BCUT2D eigenvalue weighted by Gasteiger charge is 2.26. The van der Waals surface area contributed by atoms with Gasteiger partial charge in [0.05, 0.1) is 19.1 Å². The van der Waals surface area contributed by atoms with Crippen LogP contribution in [0.5, 0.6) is 5.75 Å². The quantitative estimate of drug-likeness (QED) is 0.821. The number of carbonyl (C=O) groups is 1. The number of benzene rings is 2. The third-order valence-electron chi connectivity index (χ3n) is 4.18. The second kappa shape index (κ2) is 7.97. The van der Waals surface area contributed by atoms with Crippen LogP contribution in [0.25, 0.3) is 0 Å². The van der Waals surface area contributed by atoms with E-state index in [1.165, 1.54) is 0 Å². The maximum atomic E-state index is 12.2. The molecule has 0 radical (unpaired) electrons. The highest BCUT2D eigenvalue weighted by Crippen LogP contribution is 2.26. The molecule has 0 saturated carbocycles. The number of amides is 1.